The highest BCUT2D eigenvalue weighted by Gasteiger charge is 2.27. The van der Waals surface area contributed by atoms with Crippen LogP contribution in [0, 0.1) is 5.82 Å². The van der Waals surface area contributed by atoms with Crippen LogP contribution in [0.1, 0.15) is 38.5 Å². The van der Waals surface area contributed by atoms with Gasteiger partial charge in [-0.05, 0) is 57.5 Å². The normalized spacial score (nSPS) is 18.5. The van der Waals surface area contributed by atoms with Gasteiger partial charge in [0.25, 0.3) is 0 Å². The standard InChI is InChI=1S/C18H23FN4O2/c1-12(2)20-16(24)11-23-9-3-4-14(10-23)18-21-17(22-25-18)13-5-7-15(19)8-6-13/h5-8,12,14H,3-4,9-11H2,1-2H3,(H,20,24)/t14-/m1/s1. The Hall–Kier alpha value is -2.28. The van der Waals surface area contributed by atoms with Crippen LogP contribution in [0.4, 0.5) is 4.39 Å². The van der Waals surface area contributed by atoms with Gasteiger partial charge in [0, 0.05) is 18.2 Å². The number of likely N-dealkylation sites (tertiary alicyclic amines) is 1. The summed E-state index contributed by atoms with van der Waals surface area (Å²) in [6.45, 7) is 5.89. The second-order valence-electron chi connectivity index (χ2n) is 6.76. The molecule has 2 aromatic rings. The molecule has 25 heavy (non-hydrogen) atoms. The number of aromatic nitrogens is 2. The van der Waals surface area contributed by atoms with Gasteiger partial charge >= 0.3 is 0 Å². The van der Waals surface area contributed by atoms with Gasteiger partial charge in [0.05, 0.1) is 12.5 Å². The summed E-state index contributed by atoms with van der Waals surface area (Å²) >= 11 is 0. The Morgan fingerprint density at radius 3 is 2.88 bits per heavy atom. The largest absolute Gasteiger partial charge is 0.353 e. The molecule has 0 aliphatic carbocycles. The van der Waals surface area contributed by atoms with Crippen LogP contribution in [0.5, 0.6) is 0 Å². The number of piperidine rings is 1. The maximum absolute atomic E-state index is 13.0. The highest BCUT2D eigenvalue weighted by atomic mass is 19.1. The SMILES string of the molecule is CC(C)NC(=O)CN1CCC[C@@H](c2nc(-c3ccc(F)cc3)no2)C1. The molecule has 1 aromatic heterocycles. The summed E-state index contributed by atoms with van der Waals surface area (Å²) in [7, 11) is 0. The molecule has 1 N–H and O–H groups in total. The molecule has 0 unspecified atom stereocenters. The maximum Gasteiger partial charge on any atom is 0.234 e. The van der Waals surface area contributed by atoms with Gasteiger partial charge in [-0.3, -0.25) is 9.69 Å². The first-order valence-electron chi connectivity index (χ1n) is 8.62. The quantitative estimate of drug-likeness (QED) is 0.901. The highest BCUT2D eigenvalue weighted by Crippen LogP contribution is 2.27. The van der Waals surface area contributed by atoms with Crippen molar-refractivity contribution < 1.29 is 13.7 Å². The number of rotatable bonds is 5. The number of hydrogen-bond acceptors (Lipinski definition) is 5. The second-order valence-corrected chi connectivity index (χ2v) is 6.76. The van der Waals surface area contributed by atoms with Crippen molar-refractivity contribution in [3.8, 4) is 11.4 Å². The molecule has 1 amide bonds. The molecule has 1 aromatic carbocycles. The van der Waals surface area contributed by atoms with Crippen molar-refractivity contribution in [3.05, 3.63) is 36.0 Å². The van der Waals surface area contributed by atoms with Crippen molar-refractivity contribution in [2.45, 2.75) is 38.6 Å². The fourth-order valence-corrected chi connectivity index (χ4v) is 3.09. The average Bonchev–Trinajstić information content (AvgIpc) is 3.05. The van der Waals surface area contributed by atoms with E-state index in [-0.39, 0.29) is 23.7 Å². The topological polar surface area (TPSA) is 71.3 Å². The van der Waals surface area contributed by atoms with Gasteiger partial charge in [-0.2, -0.15) is 4.98 Å². The van der Waals surface area contributed by atoms with Crippen LogP contribution in [0.2, 0.25) is 0 Å². The zero-order chi connectivity index (χ0) is 17.8. The van der Waals surface area contributed by atoms with Gasteiger partial charge in [-0.25, -0.2) is 4.39 Å². The molecule has 1 aliphatic heterocycles. The number of carbonyl (C=O) groups excluding carboxylic acids is 1. The van der Waals surface area contributed by atoms with Gasteiger partial charge in [-0.1, -0.05) is 5.16 Å². The van der Waals surface area contributed by atoms with Crippen LogP contribution in [0.15, 0.2) is 28.8 Å². The fourth-order valence-electron chi connectivity index (χ4n) is 3.09. The lowest BCUT2D eigenvalue weighted by molar-refractivity contribution is -0.123. The van der Waals surface area contributed by atoms with Gasteiger partial charge in [0.1, 0.15) is 5.82 Å². The van der Waals surface area contributed by atoms with Crippen molar-refractivity contribution in [1.82, 2.24) is 20.4 Å². The predicted molar refractivity (Wildman–Crippen MR) is 91.4 cm³/mol. The molecule has 0 spiro atoms. The number of amides is 1. The molecule has 0 saturated carbocycles. The Bertz CT molecular complexity index is 714. The van der Waals surface area contributed by atoms with E-state index in [1.54, 1.807) is 12.1 Å². The molecule has 3 rings (SSSR count). The Balaban J connectivity index is 1.64. The molecule has 7 heteroatoms. The van der Waals surface area contributed by atoms with E-state index in [9.17, 15) is 9.18 Å². The minimum atomic E-state index is -0.296. The molecule has 0 bridgehead atoms. The Labute approximate surface area is 146 Å². The van der Waals surface area contributed by atoms with Crippen molar-refractivity contribution in [3.63, 3.8) is 0 Å². The van der Waals surface area contributed by atoms with E-state index in [0.717, 1.165) is 31.5 Å². The molecule has 6 nitrogen and oxygen atoms in total. The van der Waals surface area contributed by atoms with E-state index in [1.165, 1.54) is 12.1 Å². The third kappa shape index (κ3) is 4.63. The number of carbonyl (C=O) groups is 1. The smallest absolute Gasteiger partial charge is 0.234 e. The minimum Gasteiger partial charge on any atom is -0.353 e. The fraction of sp³-hybridized carbons (Fsp3) is 0.500. The lowest BCUT2D eigenvalue weighted by atomic mass is 9.98. The first-order valence-corrected chi connectivity index (χ1v) is 8.62. The van der Waals surface area contributed by atoms with E-state index in [2.05, 4.69) is 20.4 Å². The lowest BCUT2D eigenvalue weighted by Gasteiger charge is -2.30. The molecule has 1 atom stereocenters. The zero-order valence-electron chi connectivity index (χ0n) is 14.5. The van der Waals surface area contributed by atoms with E-state index in [1.807, 2.05) is 13.8 Å². The molecular weight excluding hydrogens is 323 g/mol. The van der Waals surface area contributed by atoms with Crippen LogP contribution in [-0.2, 0) is 4.79 Å². The average molecular weight is 346 g/mol. The van der Waals surface area contributed by atoms with Crippen LogP contribution in [0.25, 0.3) is 11.4 Å². The van der Waals surface area contributed by atoms with Crippen molar-refractivity contribution >= 4 is 5.91 Å². The molecule has 0 radical (unpaired) electrons. The van der Waals surface area contributed by atoms with Gasteiger partial charge in [0.2, 0.25) is 17.6 Å². The predicted octanol–water partition coefficient (Wildman–Crippen LogP) is 2.58. The molecule has 1 saturated heterocycles. The molecular formula is C18H23FN4O2. The Kier molecular flexibility index (Phi) is 5.43. The highest BCUT2D eigenvalue weighted by molar-refractivity contribution is 5.78. The van der Waals surface area contributed by atoms with E-state index in [0.29, 0.717) is 18.3 Å². The lowest BCUT2D eigenvalue weighted by Crippen LogP contribution is -2.43. The summed E-state index contributed by atoms with van der Waals surface area (Å²) in [5.41, 5.74) is 0.723. The molecule has 1 aliphatic rings. The Morgan fingerprint density at radius 2 is 2.16 bits per heavy atom. The van der Waals surface area contributed by atoms with Gasteiger partial charge in [0.15, 0.2) is 0 Å². The third-order valence-electron chi connectivity index (χ3n) is 4.22. The number of nitrogens with one attached hydrogen (secondary N) is 1. The van der Waals surface area contributed by atoms with Crippen LogP contribution < -0.4 is 5.32 Å². The van der Waals surface area contributed by atoms with Crippen LogP contribution in [0.3, 0.4) is 0 Å². The van der Waals surface area contributed by atoms with Gasteiger partial charge < -0.3 is 9.84 Å². The van der Waals surface area contributed by atoms with Gasteiger partial charge in [-0.15, -0.1) is 0 Å². The van der Waals surface area contributed by atoms with E-state index in [4.69, 9.17) is 4.52 Å². The summed E-state index contributed by atoms with van der Waals surface area (Å²) in [5, 5.41) is 6.92. The molecule has 134 valence electrons. The third-order valence-corrected chi connectivity index (χ3v) is 4.22. The number of halogens is 1. The minimum absolute atomic E-state index is 0.0354. The van der Waals surface area contributed by atoms with Crippen molar-refractivity contribution in [2.24, 2.45) is 0 Å². The first-order chi connectivity index (χ1) is 12.0. The maximum atomic E-state index is 13.0. The summed E-state index contributed by atoms with van der Waals surface area (Å²) in [6, 6.07) is 6.16. The number of nitrogens with zero attached hydrogens (tertiary/aromatic N) is 3. The first kappa shape index (κ1) is 17.5. The summed E-state index contributed by atoms with van der Waals surface area (Å²) in [4.78, 5) is 18.5. The second kappa shape index (κ2) is 7.74. The van der Waals surface area contributed by atoms with E-state index < -0.39 is 0 Å². The number of benzene rings is 1. The zero-order valence-corrected chi connectivity index (χ0v) is 14.5. The monoisotopic (exact) mass is 346 g/mol. The van der Waals surface area contributed by atoms with Crippen LogP contribution >= 0.6 is 0 Å². The van der Waals surface area contributed by atoms with Crippen LogP contribution in [-0.4, -0.2) is 46.6 Å². The van der Waals surface area contributed by atoms with Crippen molar-refractivity contribution in [1.29, 1.82) is 0 Å². The number of hydrogen-bond donors (Lipinski definition) is 1. The molecule has 2 heterocycles. The summed E-state index contributed by atoms with van der Waals surface area (Å²) < 4.78 is 18.4. The molecule has 1 fully saturated rings. The van der Waals surface area contributed by atoms with E-state index >= 15 is 0 Å². The summed E-state index contributed by atoms with van der Waals surface area (Å²) in [6.07, 6.45) is 1.93. The Morgan fingerprint density at radius 1 is 1.40 bits per heavy atom. The van der Waals surface area contributed by atoms with Crippen molar-refractivity contribution in [2.75, 3.05) is 19.6 Å². The summed E-state index contributed by atoms with van der Waals surface area (Å²) in [5.74, 6) is 0.892.